The van der Waals surface area contributed by atoms with Gasteiger partial charge < -0.3 is 20.7 Å². The lowest BCUT2D eigenvalue weighted by Gasteiger charge is -2.14. The SMILES string of the molecule is COc1nc(Nc2cccc(N(C)C)c2)ccc1N. The zero-order chi connectivity index (χ0) is 13.8. The van der Waals surface area contributed by atoms with Crippen molar-refractivity contribution in [3.8, 4) is 5.88 Å². The molecule has 0 aliphatic heterocycles. The van der Waals surface area contributed by atoms with Gasteiger partial charge in [0, 0.05) is 25.5 Å². The van der Waals surface area contributed by atoms with Crippen LogP contribution in [0.5, 0.6) is 5.88 Å². The van der Waals surface area contributed by atoms with Gasteiger partial charge in [0.1, 0.15) is 5.82 Å². The molecule has 0 saturated heterocycles. The van der Waals surface area contributed by atoms with Gasteiger partial charge in [0.05, 0.1) is 12.8 Å². The molecular formula is C14H18N4O. The Morgan fingerprint density at radius 1 is 1.21 bits per heavy atom. The van der Waals surface area contributed by atoms with Crippen LogP contribution in [-0.2, 0) is 0 Å². The summed E-state index contributed by atoms with van der Waals surface area (Å²) in [5.41, 5.74) is 8.34. The summed E-state index contributed by atoms with van der Waals surface area (Å²) in [6, 6.07) is 11.7. The molecule has 1 aromatic heterocycles. The van der Waals surface area contributed by atoms with E-state index in [1.165, 1.54) is 0 Å². The first-order valence-corrected chi connectivity index (χ1v) is 5.95. The minimum atomic E-state index is 0.425. The van der Waals surface area contributed by atoms with Gasteiger partial charge in [-0.15, -0.1) is 0 Å². The highest BCUT2D eigenvalue weighted by molar-refractivity contribution is 5.64. The van der Waals surface area contributed by atoms with Crippen molar-refractivity contribution in [3.05, 3.63) is 36.4 Å². The summed E-state index contributed by atoms with van der Waals surface area (Å²) >= 11 is 0. The molecule has 0 saturated carbocycles. The Morgan fingerprint density at radius 3 is 2.68 bits per heavy atom. The van der Waals surface area contributed by atoms with E-state index in [0.29, 0.717) is 17.4 Å². The van der Waals surface area contributed by atoms with E-state index in [0.717, 1.165) is 11.4 Å². The lowest BCUT2D eigenvalue weighted by Crippen LogP contribution is -2.08. The number of anilines is 4. The summed E-state index contributed by atoms with van der Waals surface area (Å²) < 4.78 is 5.10. The van der Waals surface area contributed by atoms with Crippen molar-refractivity contribution in [2.24, 2.45) is 0 Å². The second-order valence-corrected chi connectivity index (χ2v) is 4.36. The molecule has 0 atom stereocenters. The first kappa shape index (κ1) is 13.0. The predicted octanol–water partition coefficient (Wildman–Crippen LogP) is 2.48. The van der Waals surface area contributed by atoms with Gasteiger partial charge in [0.25, 0.3) is 0 Å². The molecule has 0 aliphatic rings. The standard InChI is InChI=1S/C14H18N4O/c1-18(2)11-6-4-5-10(9-11)16-13-8-7-12(15)14(17-13)19-3/h4-9H,15H2,1-3H3,(H,16,17). The zero-order valence-electron chi connectivity index (χ0n) is 11.3. The van der Waals surface area contributed by atoms with Crippen LogP contribution >= 0.6 is 0 Å². The Balaban J connectivity index is 2.23. The van der Waals surface area contributed by atoms with Crippen molar-refractivity contribution in [1.29, 1.82) is 0 Å². The molecule has 5 nitrogen and oxygen atoms in total. The van der Waals surface area contributed by atoms with E-state index in [1.54, 1.807) is 13.2 Å². The fourth-order valence-corrected chi connectivity index (χ4v) is 1.69. The van der Waals surface area contributed by atoms with Crippen molar-refractivity contribution >= 4 is 22.9 Å². The predicted molar refractivity (Wildman–Crippen MR) is 79.3 cm³/mol. The second kappa shape index (κ2) is 5.48. The van der Waals surface area contributed by atoms with Crippen LogP contribution < -0.4 is 20.7 Å². The molecule has 1 aromatic carbocycles. The summed E-state index contributed by atoms with van der Waals surface area (Å²) in [4.78, 5) is 6.33. The fourth-order valence-electron chi connectivity index (χ4n) is 1.69. The second-order valence-electron chi connectivity index (χ2n) is 4.36. The minimum Gasteiger partial charge on any atom is -0.479 e. The van der Waals surface area contributed by atoms with Gasteiger partial charge in [0.2, 0.25) is 5.88 Å². The smallest absolute Gasteiger partial charge is 0.238 e. The van der Waals surface area contributed by atoms with Gasteiger partial charge >= 0.3 is 0 Å². The zero-order valence-corrected chi connectivity index (χ0v) is 11.3. The Kier molecular flexibility index (Phi) is 3.75. The number of hydrogen-bond donors (Lipinski definition) is 2. The monoisotopic (exact) mass is 258 g/mol. The average molecular weight is 258 g/mol. The Morgan fingerprint density at radius 2 is 2.00 bits per heavy atom. The number of rotatable bonds is 4. The van der Waals surface area contributed by atoms with Crippen molar-refractivity contribution in [3.63, 3.8) is 0 Å². The molecule has 1 heterocycles. The Labute approximate surface area is 113 Å². The minimum absolute atomic E-state index is 0.425. The number of pyridine rings is 1. The first-order chi connectivity index (χ1) is 9.10. The van der Waals surface area contributed by atoms with Crippen LogP contribution in [0.2, 0.25) is 0 Å². The third-order valence-electron chi connectivity index (χ3n) is 2.72. The van der Waals surface area contributed by atoms with Crippen molar-refractivity contribution in [2.75, 3.05) is 37.2 Å². The molecule has 19 heavy (non-hydrogen) atoms. The fraction of sp³-hybridized carbons (Fsp3) is 0.214. The van der Waals surface area contributed by atoms with Gasteiger partial charge in [-0.2, -0.15) is 4.98 Å². The van der Waals surface area contributed by atoms with Crippen LogP contribution in [-0.4, -0.2) is 26.2 Å². The summed E-state index contributed by atoms with van der Waals surface area (Å²) in [6.07, 6.45) is 0. The van der Waals surface area contributed by atoms with Crippen LogP contribution in [0.25, 0.3) is 0 Å². The lowest BCUT2D eigenvalue weighted by molar-refractivity contribution is 0.401. The highest BCUT2D eigenvalue weighted by atomic mass is 16.5. The van der Waals surface area contributed by atoms with Gasteiger partial charge in [0.15, 0.2) is 0 Å². The molecule has 5 heteroatoms. The van der Waals surface area contributed by atoms with Crippen LogP contribution in [0.15, 0.2) is 36.4 Å². The number of nitrogen functional groups attached to an aromatic ring is 1. The molecular weight excluding hydrogens is 240 g/mol. The van der Waals surface area contributed by atoms with E-state index in [-0.39, 0.29) is 0 Å². The molecule has 0 bridgehead atoms. The highest BCUT2D eigenvalue weighted by Gasteiger charge is 2.04. The van der Waals surface area contributed by atoms with E-state index in [1.807, 2.05) is 49.3 Å². The number of ether oxygens (including phenoxy) is 1. The maximum absolute atomic E-state index is 5.74. The van der Waals surface area contributed by atoms with E-state index in [4.69, 9.17) is 10.5 Å². The molecule has 100 valence electrons. The lowest BCUT2D eigenvalue weighted by atomic mass is 10.2. The van der Waals surface area contributed by atoms with Crippen LogP contribution in [0.4, 0.5) is 22.9 Å². The van der Waals surface area contributed by atoms with Crippen LogP contribution in [0.3, 0.4) is 0 Å². The molecule has 0 spiro atoms. The Bertz CT molecular complexity index is 569. The van der Waals surface area contributed by atoms with E-state index in [9.17, 15) is 0 Å². The normalized spacial score (nSPS) is 10.1. The number of nitrogens with zero attached hydrogens (tertiary/aromatic N) is 2. The number of benzene rings is 1. The van der Waals surface area contributed by atoms with E-state index in [2.05, 4.69) is 10.3 Å². The van der Waals surface area contributed by atoms with Crippen molar-refractivity contribution in [1.82, 2.24) is 4.98 Å². The van der Waals surface area contributed by atoms with Crippen molar-refractivity contribution in [2.45, 2.75) is 0 Å². The molecule has 3 N–H and O–H groups in total. The molecule has 0 unspecified atom stereocenters. The molecule has 2 aromatic rings. The van der Waals surface area contributed by atoms with E-state index >= 15 is 0 Å². The first-order valence-electron chi connectivity index (χ1n) is 5.95. The van der Waals surface area contributed by atoms with Gasteiger partial charge in [-0.1, -0.05) is 6.07 Å². The summed E-state index contributed by atoms with van der Waals surface area (Å²) in [6.45, 7) is 0. The molecule has 0 radical (unpaired) electrons. The number of nitrogens with two attached hydrogens (primary N) is 1. The summed E-state index contributed by atoms with van der Waals surface area (Å²) in [7, 11) is 5.56. The maximum atomic E-state index is 5.74. The summed E-state index contributed by atoms with van der Waals surface area (Å²) in [5, 5.41) is 3.23. The van der Waals surface area contributed by atoms with Crippen LogP contribution in [0, 0.1) is 0 Å². The highest BCUT2D eigenvalue weighted by Crippen LogP contribution is 2.24. The number of nitrogens with one attached hydrogen (secondary N) is 1. The number of methoxy groups -OCH3 is 1. The van der Waals surface area contributed by atoms with Gasteiger partial charge in [-0.05, 0) is 30.3 Å². The number of aromatic nitrogens is 1. The third kappa shape index (κ3) is 3.07. The summed E-state index contributed by atoms with van der Waals surface area (Å²) in [5.74, 6) is 1.12. The van der Waals surface area contributed by atoms with Gasteiger partial charge in [-0.3, -0.25) is 0 Å². The number of hydrogen-bond acceptors (Lipinski definition) is 5. The quantitative estimate of drug-likeness (QED) is 0.882. The van der Waals surface area contributed by atoms with Crippen LogP contribution in [0.1, 0.15) is 0 Å². The molecule has 0 fully saturated rings. The Hall–Kier alpha value is -2.43. The van der Waals surface area contributed by atoms with Gasteiger partial charge in [-0.25, -0.2) is 0 Å². The molecule has 0 amide bonds. The molecule has 0 aliphatic carbocycles. The maximum Gasteiger partial charge on any atom is 0.238 e. The largest absolute Gasteiger partial charge is 0.479 e. The van der Waals surface area contributed by atoms with Crippen molar-refractivity contribution < 1.29 is 4.74 Å². The molecule has 2 rings (SSSR count). The average Bonchev–Trinajstić information content (AvgIpc) is 2.41. The third-order valence-corrected chi connectivity index (χ3v) is 2.72. The van der Waals surface area contributed by atoms with E-state index < -0.39 is 0 Å². The topological polar surface area (TPSA) is 63.4 Å².